The number of hydrogen-bond donors (Lipinski definition) is 0. The van der Waals surface area contributed by atoms with Gasteiger partial charge in [-0.05, 0) is 31.5 Å². The molecule has 4 aromatic rings. The van der Waals surface area contributed by atoms with Gasteiger partial charge in [-0.1, -0.05) is 12.1 Å². The average molecular weight is 368 g/mol. The molecule has 0 unspecified atom stereocenters. The van der Waals surface area contributed by atoms with Crippen molar-refractivity contribution in [3.8, 4) is 11.1 Å². The van der Waals surface area contributed by atoms with Crippen molar-refractivity contribution in [2.45, 2.75) is 26.5 Å². The molecule has 0 saturated heterocycles. The lowest BCUT2D eigenvalue weighted by Gasteiger charge is -2.09. The second-order valence-electron chi connectivity index (χ2n) is 6.42. The molecule has 0 aliphatic heterocycles. The van der Waals surface area contributed by atoms with Crippen molar-refractivity contribution in [1.29, 1.82) is 0 Å². The highest BCUT2D eigenvalue weighted by Gasteiger charge is 2.20. The van der Waals surface area contributed by atoms with Crippen LogP contribution in [-0.2, 0) is 11.3 Å². The Balaban J connectivity index is 2.05. The van der Waals surface area contributed by atoms with Crippen molar-refractivity contribution in [3.05, 3.63) is 52.5 Å². The fourth-order valence-corrected chi connectivity index (χ4v) is 3.00. The van der Waals surface area contributed by atoms with Crippen LogP contribution in [-0.4, -0.2) is 36.5 Å². The molecule has 3 heterocycles. The van der Waals surface area contributed by atoms with Crippen LogP contribution in [0.5, 0.6) is 0 Å². The van der Waals surface area contributed by atoms with Gasteiger partial charge in [0.15, 0.2) is 16.8 Å². The molecule has 3 aromatic heterocycles. The van der Waals surface area contributed by atoms with Crippen LogP contribution in [0.3, 0.4) is 0 Å². The zero-order valence-electron chi connectivity index (χ0n) is 15.0. The standard InChI is InChI=1S/C18H17FN6O2/c1-10(2)24-9-20-17-15(18(24)26)21-22-16-14(11-4-6-12(19)7-5-11)13(8-27-3)23-25(16)17/h4-7,9-10H,8H2,1-3H3. The zero-order valence-corrected chi connectivity index (χ0v) is 15.0. The molecule has 0 amide bonds. The molecule has 4 rings (SSSR count). The van der Waals surface area contributed by atoms with Crippen LogP contribution in [0.4, 0.5) is 4.39 Å². The SMILES string of the molecule is COCc1nn2c(nnc3c(=O)n(C(C)C)cnc32)c1-c1ccc(F)cc1. The summed E-state index contributed by atoms with van der Waals surface area (Å²) >= 11 is 0. The van der Waals surface area contributed by atoms with Crippen molar-refractivity contribution in [2.75, 3.05) is 7.11 Å². The van der Waals surface area contributed by atoms with Crippen LogP contribution in [0.15, 0.2) is 35.4 Å². The second-order valence-corrected chi connectivity index (χ2v) is 6.42. The summed E-state index contributed by atoms with van der Waals surface area (Å²) in [6, 6.07) is 5.96. The van der Waals surface area contributed by atoms with Crippen molar-refractivity contribution in [3.63, 3.8) is 0 Å². The monoisotopic (exact) mass is 368 g/mol. The molecule has 27 heavy (non-hydrogen) atoms. The van der Waals surface area contributed by atoms with Gasteiger partial charge in [0.2, 0.25) is 0 Å². The molecule has 0 aliphatic rings. The summed E-state index contributed by atoms with van der Waals surface area (Å²) in [6.07, 6.45) is 1.48. The van der Waals surface area contributed by atoms with Crippen molar-refractivity contribution < 1.29 is 9.13 Å². The molecule has 0 spiro atoms. The number of fused-ring (bicyclic) bond motifs is 3. The lowest BCUT2D eigenvalue weighted by Crippen LogP contribution is -2.24. The molecule has 0 aliphatic carbocycles. The number of hydrogen-bond acceptors (Lipinski definition) is 6. The maximum atomic E-state index is 13.3. The number of aromatic nitrogens is 6. The Morgan fingerprint density at radius 2 is 1.89 bits per heavy atom. The van der Waals surface area contributed by atoms with E-state index in [0.29, 0.717) is 22.6 Å². The molecule has 0 N–H and O–H groups in total. The number of ether oxygens (including phenoxy) is 1. The zero-order chi connectivity index (χ0) is 19.1. The van der Waals surface area contributed by atoms with Crippen LogP contribution >= 0.6 is 0 Å². The Kier molecular flexibility index (Phi) is 4.15. The van der Waals surface area contributed by atoms with E-state index in [1.165, 1.54) is 27.5 Å². The van der Waals surface area contributed by atoms with E-state index in [4.69, 9.17) is 4.74 Å². The Morgan fingerprint density at radius 3 is 2.56 bits per heavy atom. The van der Waals surface area contributed by atoms with Crippen molar-refractivity contribution in [2.24, 2.45) is 0 Å². The van der Waals surface area contributed by atoms with E-state index < -0.39 is 0 Å². The van der Waals surface area contributed by atoms with Gasteiger partial charge in [0, 0.05) is 13.2 Å². The van der Waals surface area contributed by atoms with Crippen molar-refractivity contribution >= 4 is 16.8 Å². The van der Waals surface area contributed by atoms with Crippen LogP contribution in [0.2, 0.25) is 0 Å². The summed E-state index contributed by atoms with van der Waals surface area (Å²) in [7, 11) is 1.56. The minimum atomic E-state index is -0.337. The number of nitrogens with zero attached hydrogens (tertiary/aromatic N) is 6. The Labute approximate surface area is 153 Å². The molecule has 1 aromatic carbocycles. The first-order chi connectivity index (χ1) is 13.0. The highest BCUT2D eigenvalue weighted by atomic mass is 19.1. The molecule has 0 radical (unpaired) electrons. The molecule has 9 heteroatoms. The third-order valence-corrected chi connectivity index (χ3v) is 4.30. The van der Waals surface area contributed by atoms with E-state index in [1.807, 2.05) is 13.8 Å². The van der Waals surface area contributed by atoms with Gasteiger partial charge in [0.1, 0.15) is 12.1 Å². The third-order valence-electron chi connectivity index (χ3n) is 4.30. The number of benzene rings is 1. The first-order valence-corrected chi connectivity index (χ1v) is 8.41. The molecular formula is C18H17FN6O2. The minimum absolute atomic E-state index is 0.0525. The van der Waals surface area contributed by atoms with Crippen LogP contribution in [0.1, 0.15) is 25.6 Å². The molecule has 0 saturated carbocycles. The maximum absolute atomic E-state index is 13.3. The van der Waals surface area contributed by atoms with Crippen molar-refractivity contribution in [1.82, 2.24) is 29.4 Å². The van der Waals surface area contributed by atoms with E-state index in [9.17, 15) is 9.18 Å². The molecule has 0 bridgehead atoms. The highest BCUT2D eigenvalue weighted by molar-refractivity contribution is 5.83. The topological polar surface area (TPSA) is 87.2 Å². The Morgan fingerprint density at radius 1 is 1.15 bits per heavy atom. The molecule has 8 nitrogen and oxygen atoms in total. The van der Waals surface area contributed by atoms with Gasteiger partial charge in [-0.2, -0.15) is 9.61 Å². The summed E-state index contributed by atoms with van der Waals surface area (Å²) in [5, 5.41) is 12.9. The van der Waals surface area contributed by atoms with E-state index in [1.54, 1.807) is 19.2 Å². The van der Waals surface area contributed by atoms with Gasteiger partial charge >= 0.3 is 0 Å². The normalized spacial score (nSPS) is 11.7. The third kappa shape index (κ3) is 2.76. The largest absolute Gasteiger partial charge is 0.378 e. The predicted octanol–water partition coefficient (Wildman–Crippen LogP) is 2.37. The van der Waals surface area contributed by atoms with Gasteiger partial charge in [0.05, 0.1) is 17.9 Å². The van der Waals surface area contributed by atoms with Crippen LogP contribution in [0, 0.1) is 5.82 Å². The second kappa shape index (κ2) is 6.51. The quantitative estimate of drug-likeness (QED) is 0.550. The number of methoxy groups -OCH3 is 1. The summed E-state index contributed by atoms with van der Waals surface area (Å²) in [5.41, 5.74) is 2.58. The molecule has 138 valence electrons. The average Bonchev–Trinajstić information content (AvgIpc) is 3.01. The van der Waals surface area contributed by atoms with Crippen LogP contribution in [0.25, 0.3) is 27.9 Å². The fraction of sp³-hybridized carbons (Fsp3) is 0.278. The Bertz CT molecular complexity index is 1200. The predicted molar refractivity (Wildman–Crippen MR) is 96.8 cm³/mol. The van der Waals surface area contributed by atoms with Crippen LogP contribution < -0.4 is 5.56 Å². The maximum Gasteiger partial charge on any atom is 0.283 e. The Hall–Kier alpha value is -3.20. The molecule has 0 atom stereocenters. The van der Waals surface area contributed by atoms with E-state index in [-0.39, 0.29) is 29.5 Å². The lowest BCUT2D eigenvalue weighted by molar-refractivity contribution is 0.181. The smallest absolute Gasteiger partial charge is 0.283 e. The first kappa shape index (κ1) is 17.2. The number of rotatable bonds is 4. The number of halogens is 1. The highest BCUT2D eigenvalue weighted by Crippen LogP contribution is 2.29. The summed E-state index contributed by atoms with van der Waals surface area (Å²) in [5.74, 6) is -0.337. The first-order valence-electron chi connectivity index (χ1n) is 8.41. The molecular weight excluding hydrogens is 351 g/mol. The summed E-state index contributed by atoms with van der Waals surface area (Å²) in [4.78, 5) is 17.0. The van der Waals surface area contributed by atoms with Gasteiger partial charge in [-0.15, -0.1) is 10.2 Å². The molecule has 0 fully saturated rings. The van der Waals surface area contributed by atoms with Gasteiger partial charge < -0.3 is 4.74 Å². The fourth-order valence-electron chi connectivity index (χ4n) is 3.00. The minimum Gasteiger partial charge on any atom is -0.378 e. The van der Waals surface area contributed by atoms with Gasteiger partial charge in [0.25, 0.3) is 5.56 Å². The van der Waals surface area contributed by atoms with E-state index in [2.05, 4.69) is 20.3 Å². The van der Waals surface area contributed by atoms with Gasteiger partial charge in [-0.3, -0.25) is 9.36 Å². The lowest BCUT2D eigenvalue weighted by atomic mass is 10.1. The van der Waals surface area contributed by atoms with Gasteiger partial charge in [-0.25, -0.2) is 9.37 Å². The summed E-state index contributed by atoms with van der Waals surface area (Å²) in [6.45, 7) is 4.00. The van der Waals surface area contributed by atoms with E-state index in [0.717, 1.165) is 5.56 Å². The summed E-state index contributed by atoms with van der Waals surface area (Å²) < 4.78 is 21.5. The van der Waals surface area contributed by atoms with E-state index >= 15 is 0 Å².